The van der Waals surface area contributed by atoms with Crippen molar-refractivity contribution in [3.05, 3.63) is 59.4 Å². The van der Waals surface area contributed by atoms with Gasteiger partial charge in [0.25, 0.3) is 0 Å². The van der Waals surface area contributed by atoms with Crippen molar-refractivity contribution in [1.82, 2.24) is 0 Å². The van der Waals surface area contributed by atoms with Gasteiger partial charge in [0.05, 0.1) is 22.4 Å². The van der Waals surface area contributed by atoms with Crippen LogP contribution < -0.4 is 5.73 Å². The molecule has 2 aromatic carbocycles. The Morgan fingerprint density at radius 2 is 2.00 bits per heavy atom. The molecule has 122 valence electrons. The topological polar surface area (TPSA) is 62.2 Å². The average Bonchev–Trinajstić information content (AvgIpc) is 2.58. The molecule has 0 saturated heterocycles. The van der Waals surface area contributed by atoms with Crippen LogP contribution in [0.15, 0.2) is 47.5 Å². The maximum atomic E-state index is 14.4. The van der Waals surface area contributed by atoms with Crippen molar-refractivity contribution < 1.29 is 4.39 Å². The highest BCUT2D eigenvalue weighted by Gasteiger charge is 2.31. The quantitative estimate of drug-likeness (QED) is 0.888. The van der Waals surface area contributed by atoms with Gasteiger partial charge in [-0.05, 0) is 49.2 Å². The molecule has 3 rings (SSSR count). The minimum atomic E-state index is -0.290. The Hall–Kier alpha value is -2.32. The zero-order valence-corrected chi connectivity index (χ0v) is 14.4. The number of benzene rings is 2. The van der Waals surface area contributed by atoms with Crippen LogP contribution in [0.5, 0.6) is 0 Å². The van der Waals surface area contributed by atoms with Crippen molar-refractivity contribution in [3.63, 3.8) is 0 Å². The molecule has 0 bridgehead atoms. The minimum absolute atomic E-state index is 0.217. The number of amidine groups is 1. The van der Waals surface area contributed by atoms with Crippen molar-refractivity contribution in [3.8, 4) is 17.2 Å². The molecule has 0 spiro atoms. The van der Waals surface area contributed by atoms with Gasteiger partial charge in [-0.25, -0.2) is 4.39 Å². The smallest absolute Gasteiger partial charge is 0.128 e. The third-order valence-corrected chi connectivity index (χ3v) is 5.61. The molecule has 5 heteroatoms. The number of nitrogens with two attached hydrogens (primary N) is 1. The van der Waals surface area contributed by atoms with Crippen molar-refractivity contribution in [2.24, 2.45) is 10.7 Å². The van der Waals surface area contributed by atoms with Gasteiger partial charge in [0, 0.05) is 11.3 Å². The highest BCUT2D eigenvalue weighted by Crippen LogP contribution is 2.38. The zero-order chi connectivity index (χ0) is 17.3. The number of thioether (sulfide) groups is 1. The molecule has 2 aromatic rings. The van der Waals surface area contributed by atoms with Gasteiger partial charge in [0.2, 0.25) is 0 Å². The SMILES string of the molecule is CC1(C)SCC(c2cc(-c3cccc(C#N)c3)ccc2F)N=C1N. The fraction of sp³-hybridized carbons (Fsp3) is 0.263. The van der Waals surface area contributed by atoms with E-state index in [9.17, 15) is 4.39 Å². The second kappa shape index (κ2) is 6.29. The molecule has 0 radical (unpaired) electrons. The van der Waals surface area contributed by atoms with E-state index in [0.717, 1.165) is 11.1 Å². The van der Waals surface area contributed by atoms with E-state index in [1.165, 1.54) is 6.07 Å². The summed E-state index contributed by atoms with van der Waals surface area (Å²) >= 11 is 1.68. The Morgan fingerprint density at radius 1 is 1.25 bits per heavy atom. The first kappa shape index (κ1) is 16.5. The summed E-state index contributed by atoms with van der Waals surface area (Å²) in [5.74, 6) is 0.948. The minimum Gasteiger partial charge on any atom is -0.386 e. The Morgan fingerprint density at radius 3 is 2.71 bits per heavy atom. The van der Waals surface area contributed by atoms with Crippen LogP contribution in [0.25, 0.3) is 11.1 Å². The average molecular weight is 339 g/mol. The number of nitrogens with zero attached hydrogens (tertiary/aromatic N) is 2. The molecule has 1 heterocycles. The van der Waals surface area contributed by atoms with E-state index in [2.05, 4.69) is 11.1 Å². The molecule has 1 aliphatic heterocycles. The second-order valence-corrected chi connectivity index (χ2v) is 7.92. The normalized spacial score (nSPS) is 19.4. The predicted octanol–water partition coefficient (Wildman–Crippen LogP) is 4.29. The summed E-state index contributed by atoms with van der Waals surface area (Å²) in [6.07, 6.45) is 0. The maximum Gasteiger partial charge on any atom is 0.128 e. The van der Waals surface area contributed by atoms with Gasteiger partial charge < -0.3 is 5.73 Å². The van der Waals surface area contributed by atoms with Crippen molar-refractivity contribution in [2.75, 3.05) is 5.75 Å². The number of halogens is 1. The van der Waals surface area contributed by atoms with E-state index in [-0.39, 0.29) is 16.6 Å². The first-order valence-electron chi connectivity index (χ1n) is 7.68. The Balaban J connectivity index is 2.01. The van der Waals surface area contributed by atoms with Gasteiger partial charge in [-0.2, -0.15) is 5.26 Å². The lowest BCUT2D eigenvalue weighted by molar-refractivity contribution is 0.593. The molecule has 0 fully saturated rings. The van der Waals surface area contributed by atoms with Crippen LogP contribution in [0, 0.1) is 17.1 Å². The largest absolute Gasteiger partial charge is 0.386 e. The third kappa shape index (κ3) is 3.15. The lowest BCUT2D eigenvalue weighted by Crippen LogP contribution is -2.39. The molecule has 0 aliphatic carbocycles. The molecule has 24 heavy (non-hydrogen) atoms. The molecule has 2 N–H and O–H groups in total. The van der Waals surface area contributed by atoms with Crippen molar-refractivity contribution in [2.45, 2.75) is 24.6 Å². The lowest BCUT2D eigenvalue weighted by Gasteiger charge is -2.31. The van der Waals surface area contributed by atoms with Gasteiger partial charge in [0.15, 0.2) is 0 Å². The highest BCUT2D eigenvalue weighted by atomic mass is 32.2. The summed E-state index contributed by atoms with van der Waals surface area (Å²) in [4.78, 5) is 4.52. The van der Waals surface area contributed by atoms with Crippen LogP contribution in [-0.4, -0.2) is 16.3 Å². The first-order chi connectivity index (χ1) is 11.4. The van der Waals surface area contributed by atoms with Crippen LogP contribution in [0.1, 0.15) is 31.0 Å². The number of hydrogen-bond donors (Lipinski definition) is 1. The van der Waals surface area contributed by atoms with E-state index < -0.39 is 0 Å². The van der Waals surface area contributed by atoms with E-state index in [1.54, 1.807) is 30.0 Å². The predicted molar refractivity (Wildman–Crippen MR) is 97.5 cm³/mol. The van der Waals surface area contributed by atoms with E-state index in [4.69, 9.17) is 11.0 Å². The van der Waals surface area contributed by atoms with Crippen molar-refractivity contribution in [1.29, 1.82) is 5.26 Å². The number of rotatable bonds is 2. The van der Waals surface area contributed by atoms with Crippen LogP contribution in [-0.2, 0) is 0 Å². The fourth-order valence-corrected chi connectivity index (χ4v) is 3.66. The van der Waals surface area contributed by atoms with Crippen LogP contribution in [0.3, 0.4) is 0 Å². The zero-order valence-electron chi connectivity index (χ0n) is 13.6. The summed E-state index contributed by atoms with van der Waals surface area (Å²) in [5.41, 5.74) is 8.92. The summed E-state index contributed by atoms with van der Waals surface area (Å²) in [7, 11) is 0. The third-order valence-electron chi connectivity index (χ3n) is 4.19. The summed E-state index contributed by atoms with van der Waals surface area (Å²) in [5, 5.41) is 9.05. The molecule has 3 nitrogen and oxygen atoms in total. The number of aliphatic imine (C=N–C) groups is 1. The van der Waals surface area contributed by atoms with Gasteiger partial charge in [-0.15, -0.1) is 11.8 Å². The van der Waals surface area contributed by atoms with Crippen LogP contribution >= 0.6 is 11.8 Å². The Bertz CT molecular complexity index is 852. The molecule has 1 unspecified atom stereocenters. The fourth-order valence-electron chi connectivity index (χ4n) is 2.63. The molecular weight excluding hydrogens is 321 g/mol. The molecule has 0 amide bonds. The van der Waals surface area contributed by atoms with Gasteiger partial charge in [0.1, 0.15) is 11.7 Å². The van der Waals surface area contributed by atoms with Gasteiger partial charge in [-0.1, -0.05) is 18.2 Å². The summed E-state index contributed by atoms with van der Waals surface area (Å²) in [6.45, 7) is 4.04. The van der Waals surface area contributed by atoms with Crippen LogP contribution in [0.2, 0.25) is 0 Å². The second-order valence-electron chi connectivity index (χ2n) is 6.28. The standard InChI is InChI=1S/C19H18FN3S/c1-19(2)18(22)23-17(11-24-19)15-9-14(6-7-16(15)20)13-5-3-4-12(8-13)10-21/h3-9,17H,11H2,1-2H3,(H2,22,23). The summed E-state index contributed by atoms with van der Waals surface area (Å²) < 4.78 is 14.1. The van der Waals surface area contributed by atoms with E-state index in [0.29, 0.717) is 22.7 Å². The monoisotopic (exact) mass is 339 g/mol. The van der Waals surface area contributed by atoms with E-state index in [1.807, 2.05) is 32.0 Å². The molecule has 1 aliphatic rings. The first-order valence-corrected chi connectivity index (χ1v) is 8.67. The Labute approximate surface area is 145 Å². The molecule has 0 aromatic heterocycles. The summed E-state index contributed by atoms with van der Waals surface area (Å²) in [6, 6.07) is 14.1. The Kier molecular flexibility index (Phi) is 4.33. The van der Waals surface area contributed by atoms with Crippen LogP contribution in [0.4, 0.5) is 4.39 Å². The molecule has 1 atom stereocenters. The molecular formula is C19H18FN3S. The number of nitriles is 1. The molecule has 0 saturated carbocycles. The van der Waals surface area contributed by atoms with Gasteiger partial charge in [-0.3, -0.25) is 4.99 Å². The van der Waals surface area contributed by atoms with Gasteiger partial charge >= 0.3 is 0 Å². The number of hydrogen-bond acceptors (Lipinski definition) is 4. The maximum absolute atomic E-state index is 14.4. The highest BCUT2D eigenvalue weighted by molar-refractivity contribution is 8.01. The lowest BCUT2D eigenvalue weighted by atomic mass is 9.98. The van der Waals surface area contributed by atoms with Crippen molar-refractivity contribution >= 4 is 17.6 Å². The van der Waals surface area contributed by atoms with E-state index >= 15 is 0 Å².